The molecular formula is C17H23ClN2O4. The first-order valence-corrected chi connectivity index (χ1v) is 8.02. The molecule has 0 saturated heterocycles. The van der Waals surface area contributed by atoms with Crippen LogP contribution >= 0.6 is 11.6 Å². The molecule has 0 aromatic heterocycles. The number of esters is 1. The topological polar surface area (TPSA) is 84.5 Å². The third kappa shape index (κ3) is 6.20. The van der Waals surface area contributed by atoms with Crippen LogP contribution in [-0.4, -0.2) is 30.9 Å². The molecule has 0 aliphatic heterocycles. The molecule has 0 aliphatic carbocycles. The van der Waals surface area contributed by atoms with Crippen LogP contribution in [0.1, 0.15) is 38.8 Å². The molecule has 2 N–H and O–H groups in total. The van der Waals surface area contributed by atoms with E-state index in [1.165, 1.54) is 14.0 Å². The van der Waals surface area contributed by atoms with Gasteiger partial charge in [-0.2, -0.15) is 0 Å². The molecule has 2 atom stereocenters. The van der Waals surface area contributed by atoms with Gasteiger partial charge in [-0.15, -0.1) is 0 Å². The summed E-state index contributed by atoms with van der Waals surface area (Å²) in [6, 6.07) is 5.63. The molecular weight excluding hydrogens is 332 g/mol. The number of carbonyl (C=O) groups excluding carboxylic acids is 3. The number of carbonyl (C=O) groups is 3. The number of hydrogen-bond donors (Lipinski definition) is 2. The van der Waals surface area contributed by atoms with E-state index < -0.39 is 18.1 Å². The highest BCUT2D eigenvalue weighted by Crippen LogP contribution is 2.20. The monoisotopic (exact) mass is 354 g/mol. The van der Waals surface area contributed by atoms with Crippen LogP contribution in [0.2, 0.25) is 5.02 Å². The van der Waals surface area contributed by atoms with Gasteiger partial charge in [-0.05, 0) is 23.6 Å². The predicted molar refractivity (Wildman–Crippen MR) is 91.4 cm³/mol. The minimum absolute atomic E-state index is 0.00142. The average Bonchev–Trinajstić information content (AvgIpc) is 2.51. The van der Waals surface area contributed by atoms with E-state index in [-0.39, 0.29) is 24.2 Å². The smallest absolute Gasteiger partial charge is 0.328 e. The van der Waals surface area contributed by atoms with Gasteiger partial charge in [0.05, 0.1) is 19.6 Å². The van der Waals surface area contributed by atoms with E-state index in [4.69, 9.17) is 16.3 Å². The molecule has 1 unspecified atom stereocenters. The number of rotatable bonds is 7. The molecule has 1 aromatic carbocycles. The zero-order valence-corrected chi connectivity index (χ0v) is 15.0. The lowest BCUT2D eigenvalue weighted by molar-refractivity contribution is -0.146. The van der Waals surface area contributed by atoms with E-state index in [9.17, 15) is 14.4 Å². The van der Waals surface area contributed by atoms with Gasteiger partial charge in [0.1, 0.15) is 6.04 Å². The van der Waals surface area contributed by atoms with E-state index in [1.807, 2.05) is 13.8 Å². The molecule has 132 valence electrons. The minimum Gasteiger partial charge on any atom is -0.467 e. The van der Waals surface area contributed by atoms with Crippen LogP contribution in [0.4, 0.5) is 0 Å². The average molecular weight is 355 g/mol. The fourth-order valence-corrected chi connectivity index (χ4v) is 2.36. The Morgan fingerprint density at radius 3 is 2.17 bits per heavy atom. The second-order valence-corrected chi connectivity index (χ2v) is 6.26. The summed E-state index contributed by atoms with van der Waals surface area (Å²) >= 11 is 5.86. The van der Waals surface area contributed by atoms with Gasteiger partial charge in [-0.3, -0.25) is 9.59 Å². The van der Waals surface area contributed by atoms with Gasteiger partial charge < -0.3 is 15.4 Å². The van der Waals surface area contributed by atoms with Crippen molar-refractivity contribution in [1.29, 1.82) is 0 Å². The van der Waals surface area contributed by atoms with Crippen molar-refractivity contribution in [3.63, 3.8) is 0 Å². The zero-order chi connectivity index (χ0) is 18.3. The van der Waals surface area contributed by atoms with Gasteiger partial charge in [-0.1, -0.05) is 37.6 Å². The number of methoxy groups -OCH3 is 1. The van der Waals surface area contributed by atoms with Gasteiger partial charge in [0.15, 0.2) is 0 Å². The maximum atomic E-state index is 12.3. The van der Waals surface area contributed by atoms with Crippen LogP contribution in [0.3, 0.4) is 0 Å². The molecule has 0 fully saturated rings. The number of ether oxygens (including phenoxy) is 1. The molecule has 24 heavy (non-hydrogen) atoms. The van der Waals surface area contributed by atoms with E-state index in [1.54, 1.807) is 24.3 Å². The van der Waals surface area contributed by atoms with Crippen molar-refractivity contribution in [2.75, 3.05) is 7.11 Å². The Morgan fingerprint density at radius 1 is 1.12 bits per heavy atom. The Morgan fingerprint density at radius 2 is 1.71 bits per heavy atom. The molecule has 0 spiro atoms. The molecule has 7 heteroatoms. The SMILES string of the molecule is COC(=O)[C@@H](NC(=O)CC(NC(C)=O)c1ccc(Cl)cc1)C(C)C. The second kappa shape index (κ2) is 9.27. The van der Waals surface area contributed by atoms with Crippen molar-refractivity contribution < 1.29 is 19.1 Å². The number of halogens is 1. The first kappa shape index (κ1) is 20.0. The highest BCUT2D eigenvalue weighted by Gasteiger charge is 2.26. The molecule has 0 radical (unpaired) electrons. The van der Waals surface area contributed by atoms with E-state index >= 15 is 0 Å². The fourth-order valence-electron chi connectivity index (χ4n) is 2.24. The van der Waals surface area contributed by atoms with Gasteiger partial charge in [0, 0.05) is 11.9 Å². The number of nitrogens with one attached hydrogen (secondary N) is 2. The highest BCUT2D eigenvalue weighted by atomic mass is 35.5. The van der Waals surface area contributed by atoms with Crippen molar-refractivity contribution in [3.05, 3.63) is 34.9 Å². The summed E-state index contributed by atoms with van der Waals surface area (Å²) in [7, 11) is 1.28. The maximum Gasteiger partial charge on any atom is 0.328 e. The van der Waals surface area contributed by atoms with Crippen LogP contribution in [0.25, 0.3) is 0 Å². The van der Waals surface area contributed by atoms with Crippen LogP contribution < -0.4 is 10.6 Å². The summed E-state index contributed by atoms with van der Waals surface area (Å²) in [5, 5.41) is 5.96. The third-order valence-electron chi connectivity index (χ3n) is 3.48. The van der Waals surface area contributed by atoms with E-state index in [2.05, 4.69) is 10.6 Å². The Bertz CT molecular complexity index is 587. The molecule has 0 saturated carbocycles. The normalized spacial score (nSPS) is 13.1. The minimum atomic E-state index is -0.731. The van der Waals surface area contributed by atoms with Crippen LogP contribution in [0.15, 0.2) is 24.3 Å². The Kier molecular flexibility index (Phi) is 7.71. The van der Waals surface area contributed by atoms with Crippen molar-refractivity contribution in [3.8, 4) is 0 Å². The second-order valence-electron chi connectivity index (χ2n) is 5.82. The van der Waals surface area contributed by atoms with E-state index in [0.29, 0.717) is 5.02 Å². The lowest BCUT2D eigenvalue weighted by Crippen LogP contribution is -2.46. The van der Waals surface area contributed by atoms with Crippen molar-refractivity contribution in [1.82, 2.24) is 10.6 Å². The van der Waals surface area contributed by atoms with Crippen molar-refractivity contribution >= 4 is 29.4 Å². The maximum absolute atomic E-state index is 12.3. The summed E-state index contributed by atoms with van der Waals surface area (Å²) in [6.45, 7) is 5.00. The molecule has 1 rings (SSSR count). The Labute approximate surface area is 146 Å². The Balaban J connectivity index is 2.85. The molecule has 6 nitrogen and oxygen atoms in total. The van der Waals surface area contributed by atoms with Crippen molar-refractivity contribution in [2.45, 2.75) is 39.3 Å². The summed E-state index contributed by atoms with van der Waals surface area (Å²) in [6.07, 6.45) is 0.00142. The molecule has 2 amide bonds. The van der Waals surface area contributed by atoms with Gasteiger partial charge in [0.25, 0.3) is 0 Å². The number of benzene rings is 1. The highest BCUT2D eigenvalue weighted by molar-refractivity contribution is 6.30. The zero-order valence-electron chi connectivity index (χ0n) is 14.3. The summed E-state index contributed by atoms with van der Waals surface area (Å²) in [5.74, 6) is -1.22. The van der Waals surface area contributed by atoms with E-state index in [0.717, 1.165) is 5.56 Å². The summed E-state index contributed by atoms with van der Waals surface area (Å²) in [4.78, 5) is 35.5. The lowest BCUT2D eigenvalue weighted by atomic mass is 10.0. The number of hydrogen-bond acceptors (Lipinski definition) is 4. The van der Waals surface area contributed by atoms with Gasteiger partial charge in [0.2, 0.25) is 11.8 Å². The summed E-state index contributed by atoms with van der Waals surface area (Å²) in [5.41, 5.74) is 0.754. The third-order valence-corrected chi connectivity index (χ3v) is 3.73. The molecule has 0 bridgehead atoms. The molecule has 1 aromatic rings. The number of amides is 2. The first-order chi connectivity index (χ1) is 11.2. The van der Waals surface area contributed by atoms with Crippen LogP contribution in [0, 0.1) is 5.92 Å². The van der Waals surface area contributed by atoms with Crippen molar-refractivity contribution in [2.24, 2.45) is 5.92 Å². The van der Waals surface area contributed by atoms with Gasteiger partial charge >= 0.3 is 5.97 Å². The fraction of sp³-hybridized carbons (Fsp3) is 0.471. The van der Waals surface area contributed by atoms with Gasteiger partial charge in [-0.25, -0.2) is 4.79 Å². The molecule has 0 aliphatic rings. The quantitative estimate of drug-likeness (QED) is 0.735. The lowest BCUT2D eigenvalue weighted by Gasteiger charge is -2.22. The van der Waals surface area contributed by atoms with Crippen LogP contribution in [-0.2, 0) is 19.1 Å². The first-order valence-electron chi connectivity index (χ1n) is 7.64. The molecule has 0 heterocycles. The Hall–Kier alpha value is -2.08. The van der Waals surface area contributed by atoms with Crippen LogP contribution in [0.5, 0.6) is 0 Å². The summed E-state index contributed by atoms with van der Waals surface area (Å²) < 4.78 is 4.70. The predicted octanol–water partition coefficient (Wildman–Crippen LogP) is 2.22. The largest absolute Gasteiger partial charge is 0.467 e. The standard InChI is InChI=1S/C17H23ClN2O4/c1-10(2)16(17(23)24-4)20-15(22)9-14(19-11(3)21)12-5-7-13(18)8-6-12/h5-8,10,14,16H,9H2,1-4H3,(H,19,21)(H,20,22)/t14?,16-/m0/s1.